The molecule has 0 radical (unpaired) electrons. The Balaban J connectivity index is 1.65. The molecule has 3 rings (SSSR count). The van der Waals surface area contributed by atoms with Crippen LogP contribution in [0, 0.1) is 6.92 Å². The maximum Gasteiger partial charge on any atom is 0.192 e. The smallest absolute Gasteiger partial charge is 0.192 e. The molecule has 1 aromatic heterocycles. The van der Waals surface area contributed by atoms with Crippen LogP contribution in [0.3, 0.4) is 0 Å². The van der Waals surface area contributed by atoms with E-state index in [9.17, 15) is 0 Å². The third kappa shape index (κ3) is 4.33. The molecule has 0 unspecified atom stereocenters. The Morgan fingerprint density at radius 1 is 1.13 bits per heavy atom. The van der Waals surface area contributed by atoms with Crippen molar-refractivity contribution >= 4 is 5.96 Å². The molecule has 0 aromatic carbocycles. The third-order valence-electron chi connectivity index (χ3n) is 4.86. The zero-order valence-corrected chi connectivity index (χ0v) is 14.3. The molecule has 0 saturated heterocycles. The van der Waals surface area contributed by atoms with Crippen molar-refractivity contribution < 1.29 is 0 Å². The van der Waals surface area contributed by atoms with Gasteiger partial charge < -0.3 is 15.2 Å². The van der Waals surface area contributed by atoms with Gasteiger partial charge in [-0.15, -0.1) is 10.2 Å². The van der Waals surface area contributed by atoms with Gasteiger partial charge in [0.05, 0.1) is 0 Å². The molecule has 23 heavy (non-hydrogen) atoms. The van der Waals surface area contributed by atoms with Crippen molar-refractivity contribution in [3.63, 3.8) is 0 Å². The van der Waals surface area contributed by atoms with Gasteiger partial charge >= 0.3 is 0 Å². The number of nitrogens with zero attached hydrogens (tertiary/aromatic N) is 4. The molecule has 6 nitrogen and oxygen atoms in total. The normalized spacial score (nSPS) is 20.2. The maximum atomic E-state index is 4.77. The van der Waals surface area contributed by atoms with Crippen molar-refractivity contribution in [3.8, 4) is 0 Å². The highest BCUT2D eigenvalue weighted by atomic mass is 15.3. The van der Waals surface area contributed by atoms with Crippen LogP contribution in [0.2, 0.25) is 0 Å². The Bertz CT molecular complexity index is 560. The fourth-order valence-electron chi connectivity index (χ4n) is 3.24. The van der Waals surface area contributed by atoms with E-state index in [0.717, 1.165) is 30.5 Å². The van der Waals surface area contributed by atoms with Gasteiger partial charge in [-0.3, -0.25) is 0 Å². The molecule has 0 spiro atoms. The molecule has 2 aliphatic carbocycles. The Morgan fingerprint density at radius 2 is 1.83 bits per heavy atom. The number of rotatable bonds is 4. The molecule has 126 valence electrons. The van der Waals surface area contributed by atoms with Gasteiger partial charge in [0.15, 0.2) is 11.8 Å². The Kier molecular flexibility index (Phi) is 5.31. The van der Waals surface area contributed by atoms with Gasteiger partial charge in [0.2, 0.25) is 0 Å². The Labute approximate surface area is 138 Å². The summed E-state index contributed by atoms with van der Waals surface area (Å²) in [6, 6.07) is 1.01. The number of hydrogen-bond acceptors (Lipinski definition) is 3. The SMILES string of the molecule is Cc1nnc(CN=C(NC2CC=CC2)NC2CCCCC2)n1C. The standard InChI is InChI=1S/C17H28N6/c1-13-21-22-16(23(13)2)12-18-17(20-15-10-6-7-11-15)19-14-8-4-3-5-9-14/h6-7,14-15H,3-5,8-12H2,1-2H3,(H2,18,19,20). The summed E-state index contributed by atoms with van der Waals surface area (Å²) in [5.41, 5.74) is 0. The predicted molar refractivity (Wildman–Crippen MR) is 92.2 cm³/mol. The molecule has 0 atom stereocenters. The average molecular weight is 316 g/mol. The molecule has 0 aliphatic heterocycles. The van der Waals surface area contributed by atoms with Crippen LogP contribution in [0.1, 0.15) is 56.6 Å². The van der Waals surface area contributed by atoms with Gasteiger partial charge in [0, 0.05) is 19.1 Å². The monoisotopic (exact) mass is 316 g/mol. The van der Waals surface area contributed by atoms with Gasteiger partial charge in [-0.25, -0.2) is 4.99 Å². The van der Waals surface area contributed by atoms with Gasteiger partial charge in [0.25, 0.3) is 0 Å². The number of aryl methyl sites for hydroxylation is 1. The van der Waals surface area contributed by atoms with E-state index < -0.39 is 0 Å². The van der Waals surface area contributed by atoms with Crippen LogP contribution in [-0.2, 0) is 13.6 Å². The van der Waals surface area contributed by atoms with Crippen LogP contribution in [0.5, 0.6) is 0 Å². The fraction of sp³-hybridized carbons (Fsp3) is 0.706. The molecule has 0 amide bonds. The highest BCUT2D eigenvalue weighted by molar-refractivity contribution is 5.80. The predicted octanol–water partition coefficient (Wildman–Crippen LogP) is 2.21. The van der Waals surface area contributed by atoms with Crippen LogP contribution < -0.4 is 10.6 Å². The van der Waals surface area contributed by atoms with Gasteiger partial charge in [-0.05, 0) is 32.6 Å². The molecule has 1 saturated carbocycles. The molecule has 2 aliphatic rings. The quantitative estimate of drug-likeness (QED) is 0.508. The molecule has 1 fully saturated rings. The van der Waals surface area contributed by atoms with Crippen LogP contribution in [0.25, 0.3) is 0 Å². The first-order valence-electron chi connectivity index (χ1n) is 8.80. The summed E-state index contributed by atoms with van der Waals surface area (Å²) in [4.78, 5) is 4.77. The summed E-state index contributed by atoms with van der Waals surface area (Å²) in [7, 11) is 1.99. The minimum atomic E-state index is 0.464. The Morgan fingerprint density at radius 3 is 2.48 bits per heavy atom. The number of nitrogens with one attached hydrogen (secondary N) is 2. The first-order valence-corrected chi connectivity index (χ1v) is 8.80. The first kappa shape index (κ1) is 16.0. The molecular weight excluding hydrogens is 288 g/mol. The van der Waals surface area contributed by atoms with Crippen LogP contribution in [0.15, 0.2) is 17.1 Å². The summed E-state index contributed by atoms with van der Waals surface area (Å²) in [5, 5.41) is 15.5. The number of aromatic nitrogens is 3. The highest BCUT2D eigenvalue weighted by Crippen LogP contribution is 2.17. The zero-order chi connectivity index (χ0) is 16.1. The minimum Gasteiger partial charge on any atom is -0.354 e. The fourth-order valence-corrected chi connectivity index (χ4v) is 3.24. The second-order valence-corrected chi connectivity index (χ2v) is 6.65. The summed E-state index contributed by atoms with van der Waals surface area (Å²) in [5.74, 6) is 2.74. The number of aliphatic imine (C=N–C) groups is 1. The van der Waals surface area contributed by atoms with E-state index in [-0.39, 0.29) is 0 Å². The molecule has 1 heterocycles. The van der Waals surface area contributed by atoms with Crippen molar-refractivity contribution in [2.24, 2.45) is 12.0 Å². The summed E-state index contributed by atoms with van der Waals surface area (Å²) >= 11 is 0. The molecule has 6 heteroatoms. The summed E-state index contributed by atoms with van der Waals surface area (Å²) < 4.78 is 2.00. The first-order chi connectivity index (χ1) is 11.2. The zero-order valence-electron chi connectivity index (χ0n) is 14.3. The average Bonchev–Trinajstić information content (AvgIpc) is 3.18. The van der Waals surface area contributed by atoms with E-state index in [1.807, 2.05) is 18.5 Å². The molecule has 2 N–H and O–H groups in total. The number of guanidine groups is 1. The van der Waals surface area contributed by atoms with E-state index in [4.69, 9.17) is 4.99 Å². The maximum absolute atomic E-state index is 4.77. The van der Waals surface area contributed by atoms with Crippen LogP contribution in [0.4, 0.5) is 0 Å². The van der Waals surface area contributed by atoms with Crippen LogP contribution in [-0.4, -0.2) is 32.8 Å². The van der Waals surface area contributed by atoms with E-state index in [0.29, 0.717) is 18.6 Å². The lowest BCUT2D eigenvalue weighted by molar-refractivity contribution is 0.407. The largest absolute Gasteiger partial charge is 0.354 e. The lowest BCUT2D eigenvalue weighted by Crippen LogP contribution is -2.47. The minimum absolute atomic E-state index is 0.464. The second-order valence-electron chi connectivity index (χ2n) is 6.65. The third-order valence-corrected chi connectivity index (χ3v) is 4.86. The van der Waals surface area contributed by atoms with E-state index >= 15 is 0 Å². The summed E-state index contributed by atoms with van der Waals surface area (Å²) in [6.45, 7) is 2.52. The topological polar surface area (TPSA) is 67.1 Å². The van der Waals surface area contributed by atoms with Gasteiger partial charge in [-0.2, -0.15) is 0 Å². The van der Waals surface area contributed by atoms with Gasteiger partial charge in [0.1, 0.15) is 12.4 Å². The molecule has 1 aromatic rings. The van der Waals surface area contributed by atoms with Crippen molar-refractivity contribution in [2.45, 2.75) is 70.5 Å². The Hall–Kier alpha value is -1.85. The lowest BCUT2D eigenvalue weighted by atomic mass is 9.96. The molecular formula is C17H28N6. The summed E-state index contributed by atoms with van der Waals surface area (Å²) in [6.07, 6.45) is 13.1. The van der Waals surface area contributed by atoms with E-state index in [1.165, 1.54) is 32.1 Å². The van der Waals surface area contributed by atoms with E-state index in [2.05, 4.69) is 33.0 Å². The van der Waals surface area contributed by atoms with Crippen molar-refractivity contribution in [2.75, 3.05) is 0 Å². The second kappa shape index (κ2) is 7.62. The molecule has 0 bridgehead atoms. The lowest BCUT2D eigenvalue weighted by Gasteiger charge is -2.26. The van der Waals surface area contributed by atoms with Crippen molar-refractivity contribution in [1.29, 1.82) is 0 Å². The number of hydrogen-bond donors (Lipinski definition) is 2. The highest BCUT2D eigenvalue weighted by Gasteiger charge is 2.18. The van der Waals surface area contributed by atoms with Crippen molar-refractivity contribution in [3.05, 3.63) is 23.8 Å². The van der Waals surface area contributed by atoms with Crippen LogP contribution >= 0.6 is 0 Å². The van der Waals surface area contributed by atoms with E-state index in [1.54, 1.807) is 0 Å². The van der Waals surface area contributed by atoms with Crippen molar-refractivity contribution in [1.82, 2.24) is 25.4 Å². The van der Waals surface area contributed by atoms with Gasteiger partial charge in [-0.1, -0.05) is 31.4 Å².